The Labute approximate surface area is 166 Å². The Morgan fingerprint density at radius 2 is 2.11 bits per heavy atom. The summed E-state index contributed by atoms with van der Waals surface area (Å²) in [5.74, 6) is -0.885. The van der Waals surface area contributed by atoms with Gasteiger partial charge in [0.1, 0.15) is 0 Å². The molecule has 2 N–H and O–H groups in total. The van der Waals surface area contributed by atoms with Crippen molar-refractivity contribution in [2.45, 2.75) is 33.1 Å². The summed E-state index contributed by atoms with van der Waals surface area (Å²) < 4.78 is 0. The van der Waals surface area contributed by atoms with Crippen LogP contribution >= 0.6 is 0 Å². The molecule has 0 unspecified atom stereocenters. The zero-order valence-electron chi connectivity index (χ0n) is 16.4. The first-order valence-electron chi connectivity index (χ1n) is 9.66. The quantitative estimate of drug-likeness (QED) is 0.541. The summed E-state index contributed by atoms with van der Waals surface area (Å²) in [6, 6.07) is 10.3. The zero-order chi connectivity index (χ0) is 19.9. The molecule has 1 aliphatic rings. The van der Waals surface area contributed by atoms with Crippen molar-refractivity contribution in [3.8, 4) is 0 Å². The van der Waals surface area contributed by atoms with Gasteiger partial charge in [-0.1, -0.05) is 31.2 Å². The Kier molecular flexibility index (Phi) is 6.43. The van der Waals surface area contributed by atoms with Gasteiger partial charge in [-0.15, -0.1) is 0 Å². The van der Waals surface area contributed by atoms with E-state index in [9.17, 15) is 9.90 Å². The minimum atomic E-state index is -0.885. The first-order chi connectivity index (χ1) is 13.6. The summed E-state index contributed by atoms with van der Waals surface area (Å²) in [4.78, 5) is 15.5. The fourth-order valence-electron chi connectivity index (χ4n) is 3.55. The Balaban J connectivity index is 1.88. The van der Waals surface area contributed by atoms with Gasteiger partial charge in [0.15, 0.2) is 0 Å². The van der Waals surface area contributed by atoms with Gasteiger partial charge in [-0.3, -0.25) is 4.98 Å². The Morgan fingerprint density at radius 1 is 1.25 bits per heavy atom. The molecular weight excluding hydrogens is 348 g/mol. The molecule has 0 radical (unpaired) electrons. The molecule has 144 valence electrons. The lowest BCUT2D eigenvalue weighted by Gasteiger charge is -2.21. The minimum Gasteiger partial charge on any atom is -0.478 e. The number of carbonyl (C=O) groups is 1. The molecule has 0 amide bonds. The number of nitrogens with one attached hydrogen (secondary N) is 1. The van der Waals surface area contributed by atoms with Crippen molar-refractivity contribution in [3.63, 3.8) is 0 Å². The highest BCUT2D eigenvalue weighted by Gasteiger charge is 2.15. The van der Waals surface area contributed by atoms with Crippen molar-refractivity contribution in [2.75, 3.05) is 6.54 Å². The topological polar surface area (TPSA) is 62.2 Å². The molecule has 0 bridgehead atoms. The van der Waals surface area contributed by atoms with Gasteiger partial charge in [0.25, 0.3) is 0 Å². The Bertz CT molecular complexity index is 940. The summed E-state index contributed by atoms with van der Waals surface area (Å²) in [7, 11) is 0. The summed E-state index contributed by atoms with van der Waals surface area (Å²) in [5, 5.41) is 12.8. The first kappa shape index (κ1) is 19.6. The molecule has 0 spiro atoms. The summed E-state index contributed by atoms with van der Waals surface area (Å²) in [6.07, 6.45) is 11.9. The third-order valence-corrected chi connectivity index (χ3v) is 5.03. The molecule has 2 aromatic rings. The predicted octanol–water partition coefficient (Wildman–Crippen LogP) is 4.77. The number of rotatable bonds is 7. The number of hydrogen-bond donors (Lipinski definition) is 2. The van der Waals surface area contributed by atoms with Crippen molar-refractivity contribution < 1.29 is 9.90 Å². The predicted molar refractivity (Wildman–Crippen MR) is 114 cm³/mol. The highest BCUT2D eigenvalue weighted by atomic mass is 16.4. The molecule has 0 atom stereocenters. The van der Waals surface area contributed by atoms with Gasteiger partial charge in [0, 0.05) is 35.8 Å². The Hall–Kier alpha value is -3.14. The van der Waals surface area contributed by atoms with E-state index in [1.807, 2.05) is 25.1 Å². The van der Waals surface area contributed by atoms with Crippen LogP contribution < -0.4 is 5.32 Å². The van der Waals surface area contributed by atoms with Crippen molar-refractivity contribution in [1.82, 2.24) is 10.3 Å². The van der Waals surface area contributed by atoms with Crippen LogP contribution in [0.3, 0.4) is 0 Å². The van der Waals surface area contributed by atoms with Crippen LogP contribution in [0.25, 0.3) is 11.3 Å². The highest BCUT2D eigenvalue weighted by molar-refractivity contribution is 5.87. The molecule has 4 heteroatoms. The maximum Gasteiger partial charge on any atom is 0.331 e. The van der Waals surface area contributed by atoms with Crippen molar-refractivity contribution >= 4 is 17.2 Å². The molecule has 1 aromatic carbocycles. The summed E-state index contributed by atoms with van der Waals surface area (Å²) >= 11 is 0. The molecule has 0 fully saturated rings. The second-order valence-electron chi connectivity index (χ2n) is 6.90. The third-order valence-electron chi connectivity index (χ3n) is 5.03. The van der Waals surface area contributed by atoms with Crippen LogP contribution in [-0.2, 0) is 11.2 Å². The van der Waals surface area contributed by atoms with Gasteiger partial charge in [-0.05, 0) is 72.7 Å². The molecule has 0 aliphatic heterocycles. The van der Waals surface area contributed by atoms with E-state index in [1.165, 1.54) is 22.3 Å². The van der Waals surface area contributed by atoms with Gasteiger partial charge >= 0.3 is 5.97 Å². The smallest absolute Gasteiger partial charge is 0.331 e. The van der Waals surface area contributed by atoms with E-state index in [0.29, 0.717) is 18.5 Å². The molecule has 0 saturated heterocycles. The number of hydrogen-bond acceptors (Lipinski definition) is 3. The van der Waals surface area contributed by atoms with Gasteiger partial charge < -0.3 is 10.4 Å². The molecule has 0 saturated carbocycles. The molecule has 28 heavy (non-hydrogen) atoms. The summed E-state index contributed by atoms with van der Waals surface area (Å²) in [5.41, 5.74) is 7.47. The number of nitrogens with zero attached hydrogens (tertiary/aromatic N) is 1. The van der Waals surface area contributed by atoms with Crippen LogP contribution in [0.15, 0.2) is 66.5 Å². The van der Waals surface area contributed by atoms with Crippen molar-refractivity contribution in [2.24, 2.45) is 0 Å². The zero-order valence-corrected chi connectivity index (χ0v) is 16.4. The number of aromatic nitrogens is 1. The monoisotopic (exact) mass is 374 g/mol. The number of allylic oxidation sites excluding steroid dienone is 3. The maximum absolute atomic E-state index is 11.3. The van der Waals surface area contributed by atoms with Crippen LogP contribution in [0.2, 0.25) is 0 Å². The lowest BCUT2D eigenvalue weighted by molar-refractivity contribution is -0.132. The number of aryl methyl sites for hydroxylation is 2. The Morgan fingerprint density at radius 3 is 2.82 bits per heavy atom. The SMILES string of the molecule is CC/C(=C\C=C(/NCC1=CCCc2cccc(C)c21)c1cccnc1)C(=O)O. The average molecular weight is 374 g/mol. The van der Waals surface area contributed by atoms with E-state index < -0.39 is 5.97 Å². The number of carboxylic acids is 1. The number of benzene rings is 1. The fraction of sp³-hybridized carbons (Fsp3) is 0.250. The molecule has 3 rings (SSSR count). The lowest BCUT2D eigenvalue weighted by Crippen LogP contribution is -2.18. The fourth-order valence-corrected chi connectivity index (χ4v) is 3.55. The maximum atomic E-state index is 11.3. The number of carboxylic acid groups (broad SMARTS) is 1. The normalized spacial score (nSPS) is 14.3. The van der Waals surface area contributed by atoms with Crippen LogP contribution in [0.5, 0.6) is 0 Å². The first-order valence-corrected chi connectivity index (χ1v) is 9.66. The molecular formula is C24H26N2O2. The van der Waals surface area contributed by atoms with Crippen molar-refractivity contribution in [3.05, 3.63) is 88.8 Å². The molecule has 1 heterocycles. The summed E-state index contributed by atoms with van der Waals surface area (Å²) in [6.45, 7) is 4.68. The largest absolute Gasteiger partial charge is 0.478 e. The van der Waals surface area contributed by atoms with E-state index in [2.05, 4.69) is 41.5 Å². The number of fused-ring (bicyclic) bond motifs is 1. The van der Waals surface area contributed by atoms with E-state index in [4.69, 9.17) is 0 Å². The molecule has 1 aliphatic carbocycles. The van der Waals surface area contributed by atoms with Crippen LogP contribution in [0.4, 0.5) is 0 Å². The van der Waals surface area contributed by atoms with Gasteiger partial charge in [0.2, 0.25) is 0 Å². The second-order valence-corrected chi connectivity index (χ2v) is 6.90. The van der Waals surface area contributed by atoms with Gasteiger partial charge in [-0.25, -0.2) is 4.79 Å². The molecule has 1 aromatic heterocycles. The highest BCUT2D eigenvalue weighted by Crippen LogP contribution is 2.29. The lowest BCUT2D eigenvalue weighted by atomic mass is 9.87. The minimum absolute atomic E-state index is 0.376. The van der Waals surface area contributed by atoms with Crippen LogP contribution in [-0.4, -0.2) is 22.6 Å². The van der Waals surface area contributed by atoms with E-state index >= 15 is 0 Å². The standard InChI is InChI=1S/C24H26N2O2/c1-3-18(24(27)28)12-13-22(20-11-6-14-25-15-20)26-16-21-10-5-9-19-8-4-7-17(2)23(19)21/h4,6-8,10-15,26H,3,5,9,16H2,1-2H3,(H,27,28)/b18-12+,22-13-. The number of aliphatic carboxylic acids is 1. The average Bonchev–Trinajstić information content (AvgIpc) is 2.71. The van der Waals surface area contributed by atoms with E-state index in [-0.39, 0.29) is 0 Å². The molecule has 4 nitrogen and oxygen atoms in total. The van der Waals surface area contributed by atoms with Crippen molar-refractivity contribution in [1.29, 1.82) is 0 Å². The van der Waals surface area contributed by atoms with E-state index in [1.54, 1.807) is 18.5 Å². The van der Waals surface area contributed by atoms with Gasteiger partial charge in [-0.2, -0.15) is 0 Å². The second kappa shape index (κ2) is 9.18. The van der Waals surface area contributed by atoms with Gasteiger partial charge in [0.05, 0.1) is 0 Å². The van der Waals surface area contributed by atoms with E-state index in [0.717, 1.165) is 24.1 Å². The van der Waals surface area contributed by atoms with Crippen LogP contribution in [0, 0.1) is 6.92 Å². The van der Waals surface area contributed by atoms with Crippen LogP contribution in [0.1, 0.15) is 42.0 Å². The number of pyridine rings is 1. The third kappa shape index (κ3) is 4.58.